The third kappa shape index (κ3) is 3.80. The lowest BCUT2D eigenvalue weighted by Gasteiger charge is -2.42. The van der Waals surface area contributed by atoms with Crippen LogP contribution in [0.2, 0.25) is 0 Å². The van der Waals surface area contributed by atoms with Crippen LogP contribution in [0.25, 0.3) is 44.3 Å². The van der Waals surface area contributed by atoms with Gasteiger partial charge in [0, 0.05) is 39.2 Å². The van der Waals surface area contributed by atoms with Gasteiger partial charge in [0.2, 0.25) is 0 Å². The zero-order chi connectivity index (χ0) is 29.9. The SMILES string of the molecule is CCC[C@@]1(C[C@@]2(CCC(=O)OC)c3ccccc3-c3nc4ccccc4cc32)c2ccccc2-c2nc3ccccc3cc21. The Labute approximate surface area is 257 Å². The molecule has 0 radical (unpaired) electrons. The number of carbonyl (C=O) groups is 1. The van der Waals surface area contributed by atoms with Crippen molar-refractivity contribution in [3.8, 4) is 22.5 Å². The predicted octanol–water partition coefficient (Wildman–Crippen LogP) is 9.16. The maximum Gasteiger partial charge on any atom is 0.305 e. The minimum absolute atomic E-state index is 0.187. The first-order valence-electron chi connectivity index (χ1n) is 15.6. The Hall–Kier alpha value is -4.83. The number of hydrogen-bond donors (Lipinski definition) is 0. The highest BCUT2D eigenvalue weighted by molar-refractivity contribution is 5.91. The first kappa shape index (κ1) is 26.8. The highest BCUT2D eigenvalue weighted by Crippen LogP contribution is 2.62. The molecule has 216 valence electrons. The largest absolute Gasteiger partial charge is 0.469 e. The smallest absolute Gasteiger partial charge is 0.305 e. The highest BCUT2D eigenvalue weighted by atomic mass is 16.5. The van der Waals surface area contributed by atoms with E-state index in [0.717, 1.165) is 58.0 Å². The summed E-state index contributed by atoms with van der Waals surface area (Å²) in [5, 5.41) is 2.27. The molecule has 2 aromatic heterocycles. The lowest BCUT2D eigenvalue weighted by Crippen LogP contribution is -2.38. The molecule has 0 saturated carbocycles. The molecule has 0 aliphatic heterocycles. The van der Waals surface area contributed by atoms with Gasteiger partial charge in [0.1, 0.15) is 0 Å². The Bertz CT molecular complexity index is 2100. The van der Waals surface area contributed by atoms with Gasteiger partial charge in [-0.05, 0) is 65.8 Å². The predicted molar refractivity (Wildman–Crippen MR) is 177 cm³/mol. The molecule has 0 bridgehead atoms. The number of benzene rings is 4. The number of aromatic nitrogens is 2. The van der Waals surface area contributed by atoms with Crippen LogP contribution in [0.4, 0.5) is 0 Å². The van der Waals surface area contributed by atoms with Gasteiger partial charge >= 0.3 is 5.97 Å². The number of hydrogen-bond acceptors (Lipinski definition) is 4. The van der Waals surface area contributed by atoms with Crippen molar-refractivity contribution in [1.82, 2.24) is 9.97 Å². The number of nitrogens with zero attached hydrogens (tertiary/aromatic N) is 2. The van der Waals surface area contributed by atoms with Crippen LogP contribution in [-0.4, -0.2) is 23.0 Å². The molecule has 0 fully saturated rings. The summed E-state index contributed by atoms with van der Waals surface area (Å²) < 4.78 is 5.24. The number of rotatable bonds is 7. The van der Waals surface area contributed by atoms with Crippen LogP contribution in [0.15, 0.2) is 109 Å². The third-order valence-electron chi connectivity index (χ3n) is 10.1. The monoisotopic (exact) mass is 574 g/mol. The standard InChI is InChI=1S/C40H34N2O2/c1-3-21-39(30-16-8-6-14-28(30)37-32(39)23-26-12-4-10-18-34(26)41-37)25-40(22-20-36(43)44-2)31-17-9-7-15-29(31)38-33(40)24-27-13-5-11-19-35(27)42-38/h4-19,23-24H,3,20-22,25H2,1-2H3/t39-,40+/m1/s1. The summed E-state index contributed by atoms with van der Waals surface area (Å²) in [5.41, 5.74) is 10.8. The van der Waals surface area contributed by atoms with Gasteiger partial charge in [-0.25, -0.2) is 9.97 Å². The van der Waals surface area contributed by atoms with Crippen LogP contribution >= 0.6 is 0 Å². The van der Waals surface area contributed by atoms with E-state index in [0.29, 0.717) is 12.8 Å². The molecule has 2 atom stereocenters. The molecule has 4 nitrogen and oxygen atoms in total. The molecule has 4 heteroatoms. The van der Waals surface area contributed by atoms with Crippen molar-refractivity contribution in [2.75, 3.05) is 7.11 Å². The Kier molecular flexibility index (Phi) is 6.16. The zero-order valence-electron chi connectivity index (χ0n) is 25.1. The van der Waals surface area contributed by atoms with Crippen molar-refractivity contribution in [3.05, 3.63) is 131 Å². The fraction of sp³-hybridized carbons (Fsp3) is 0.225. The molecule has 44 heavy (non-hydrogen) atoms. The molecule has 8 rings (SSSR count). The summed E-state index contributed by atoms with van der Waals surface area (Å²) in [4.78, 5) is 23.5. The first-order valence-corrected chi connectivity index (χ1v) is 15.6. The minimum Gasteiger partial charge on any atom is -0.469 e. The molecule has 2 aliphatic rings. The van der Waals surface area contributed by atoms with Crippen LogP contribution in [0, 0.1) is 0 Å². The summed E-state index contributed by atoms with van der Waals surface area (Å²) in [6, 6.07) is 39.1. The molecular weight excluding hydrogens is 540 g/mol. The number of fused-ring (bicyclic) bond motifs is 8. The summed E-state index contributed by atoms with van der Waals surface area (Å²) >= 11 is 0. The van der Waals surface area contributed by atoms with Crippen molar-refractivity contribution >= 4 is 27.8 Å². The van der Waals surface area contributed by atoms with Gasteiger partial charge in [0.15, 0.2) is 0 Å². The molecule has 2 heterocycles. The zero-order valence-corrected chi connectivity index (χ0v) is 25.1. The van der Waals surface area contributed by atoms with Crippen molar-refractivity contribution in [2.24, 2.45) is 0 Å². The lowest BCUT2D eigenvalue weighted by atomic mass is 9.60. The number of pyridine rings is 2. The van der Waals surface area contributed by atoms with E-state index in [4.69, 9.17) is 14.7 Å². The molecule has 2 aliphatic carbocycles. The van der Waals surface area contributed by atoms with Crippen LogP contribution < -0.4 is 0 Å². The van der Waals surface area contributed by atoms with Gasteiger partial charge in [0.05, 0.1) is 29.5 Å². The van der Waals surface area contributed by atoms with Gasteiger partial charge in [-0.1, -0.05) is 98.3 Å². The van der Waals surface area contributed by atoms with Gasteiger partial charge in [-0.3, -0.25) is 4.79 Å². The maximum atomic E-state index is 12.9. The molecule has 0 spiro atoms. The van der Waals surface area contributed by atoms with Crippen molar-refractivity contribution in [1.29, 1.82) is 0 Å². The second-order valence-corrected chi connectivity index (χ2v) is 12.4. The van der Waals surface area contributed by atoms with E-state index in [9.17, 15) is 4.79 Å². The second-order valence-electron chi connectivity index (χ2n) is 12.4. The summed E-state index contributed by atoms with van der Waals surface area (Å²) in [7, 11) is 1.49. The average Bonchev–Trinajstić information content (AvgIpc) is 3.48. The topological polar surface area (TPSA) is 52.1 Å². The Morgan fingerprint density at radius 3 is 1.64 bits per heavy atom. The first-order chi connectivity index (χ1) is 21.6. The van der Waals surface area contributed by atoms with E-state index < -0.39 is 5.41 Å². The van der Waals surface area contributed by atoms with E-state index in [2.05, 4.69) is 110 Å². The van der Waals surface area contributed by atoms with Crippen LogP contribution in [0.5, 0.6) is 0 Å². The van der Waals surface area contributed by atoms with E-state index in [1.165, 1.54) is 34.9 Å². The molecule has 4 aromatic carbocycles. The van der Waals surface area contributed by atoms with Crippen molar-refractivity contribution in [3.63, 3.8) is 0 Å². The fourth-order valence-electron chi connectivity index (χ4n) is 8.33. The number of carbonyl (C=O) groups excluding carboxylic acids is 1. The summed E-state index contributed by atoms with van der Waals surface area (Å²) in [5.74, 6) is -0.187. The van der Waals surface area contributed by atoms with E-state index in [-0.39, 0.29) is 11.4 Å². The summed E-state index contributed by atoms with van der Waals surface area (Å²) in [6.07, 6.45) is 3.74. The third-order valence-corrected chi connectivity index (χ3v) is 10.1. The van der Waals surface area contributed by atoms with Gasteiger partial charge in [-0.2, -0.15) is 0 Å². The molecule has 6 aromatic rings. The highest BCUT2D eigenvalue weighted by Gasteiger charge is 2.53. The second kappa shape index (κ2) is 10.1. The number of ether oxygens (including phenoxy) is 1. The minimum atomic E-state index is -0.466. The van der Waals surface area contributed by atoms with Gasteiger partial charge in [-0.15, -0.1) is 0 Å². The maximum absolute atomic E-state index is 12.9. The van der Waals surface area contributed by atoms with Gasteiger partial charge in [0.25, 0.3) is 0 Å². The quantitative estimate of drug-likeness (QED) is 0.178. The molecule has 0 N–H and O–H groups in total. The lowest BCUT2D eigenvalue weighted by molar-refractivity contribution is -0.141. The summed E-state index contributed by atoms with van der Waals surface area (Å²) in [6.45, 7) is 2.28. The van der Waals surface area contributed by atoms with Crippen LogP contribution in [-0.2, 0) is 20.4 Å². The average molecular weight is 575 g/mol. The molecule has 0 amide bonds. The van der Waals surface area contributed by atoms with Crippen molar-refractivity contribution < 1.29 is 9.53 Å². The molecule has 0 unspecified atom stereocenters. The Morgan fingerprint density at radius 1 is 0.636 bits per heavy atom. The number of esters is 1. The number of methoxy groups -OCH3 is 1. The van der Waals surface area contributed by atoms with Crippen molar-refractivity contribution in [2.45, 2.75) is 49.9 Å². The van der Waals surface area contributed by atoms with E-state index in [1.54, 1.807) is 0 Å². The Morgan fingerprint density at radius 2 is 1.11 bits per heavy atom. The fourth-order valence-corrected chi connectivity index (χ4v) is 8.33. The van der Waals surface area contributed by atoms with Crippen LogP contribution in [0.3, 0.4) is 0 Å². The Balaban J connectivity index is 1.44. The molecular formula is C40H34N2O2. The van der Waals surface area contributed by atoms with Crippen LogP contribution in [0.1, 0.15) is 61.3 Å². The van der Waals surface area contributed by atoms with E-state index >= 15 is 0 Å². The van der Waals surface area contributed by atoms with E-state index in [1.807, 2.05) is 6.07 Å². The van der Waals surface area contributed by atoms with Gasteiger partial charge < -0.3 is 4.74 Å². The normalized spacial score (nSPS) is 19.4. The number of para-hydroxylation sites is 2. The molecule has 0 saturated heterocycles.